The van der Waals surface area contributed by atoms with Crippen LogP contribution in [0.15, 0.2) is 6.07 Å². The van der Waals surface area contributed by atoms with Crippen molar-refractivity contribution < 1.29 is 9.47 Å². The van der Waals surface area contributed by atoms with Crippen LogP contribution in [0, 0.1) is 3.70 Å². The van der Waals surface area contributed by atoms with Crippen LogP contribution >= 0.6 is 22.6 Å². The zero-order valence-electron chi connectivity index (χ0n) is 10.2. The van der Waals surface area contributed by atoms with Crippen LogP contribution in [0.1, 0.15) is 13.8 Å². The molecule has 6 heteroatoms. The Kier molecular flexibility index (Phi) is 4.03. The highest BCUT2D eigenvalue weighted by atomic mass is 127. The first-order valence-corrected chi connectivity index (χ1v) is 6.65. The molecule has 0 aromatic carbocycles. The minimum atomic E-state index is 0.220. The molecule has 0 N–H and O–H groups in total. The third kappa shape index (κ3) is 3.19. The summed E-state index contributed by atoms with van der Waals surface area (Å²) in [7, 11) is 1.58. The van der Waals surface area contributed by atoms with Gasteiger partial charge in [-0.05, 0) is 36.4 Å². The molecule has 2 heterocycles. The van der Waals surface area contributed by atoms with Gasteiger partial charge in [-0.15, -0.1) is 0 Å². The highest BCUT2D eigenvalue weighted by molar-refractivity contribution is 14.1. The second-order valence-corrected chi connectivity index (χ2v) is 5.30. The maximum atomic E-state index is 5.71. The van der Waals surface area contributed by atoms with Gasteiger partial charge in [-0.2, -0.15) is 9.97 Å². The molecular formula is C11H16IN3O2. The number of aromatic nitrogens is 2. The van der Waals surface area contributed by atoms with Gasteiger partial charge in [0, 0.05) is 19.2 Å². The Morgan fingerprint density at radius 1 is 1.35 bits per heavy atom. The predicted molar refractivity (Wildman–Crippen MR) is 73.5 cm³/mol. The Labute approximate surface area is 115 Å². The molecule has 1 aliphatic heterocycles. The van der Waals surface area contributed by atoms with E-state index in [9.17, 15) is 0 Å². The number of methoxy groups -OCH3 is 1. The fraction of sp³-hybridized carbons (Fsp3) is 0.636. The number of hydrogen-bond acceptors (Lipinski definition) is 5. The van der Waals surface area contributed by atoms with E-state index in [0.29, 0.717) is 6.01 Å². The normalized spacial score (nSPS) is 24.8. The molecule has 0 aliphatic carbocycles. The molecule has 1 aliphatic rings. The van der Waals surface area contributed by atoms with E-state index in [0.717, 1.165) is 22.6 Å². The van der Waals surface area contributed by atoms with E-state index in [1.165, 1.54) is 0 Å². The van der Waals surface area contributed by atoms with Gasteiger partial charge in [0.15, 0.2) is 0 Å². The molecule has 94 valence electrons. The van der Waals surface area contributed by atoms with Crippen molar-refractivity contribution in [1.29, 1.82) is 0 Å². The number of rotatable bonds is 2. The summed E-state index contributed by atoms with van der Waals surface area (Å²) in [5, 5.41) is 0. The lowest BCUT2D eigenvalue weighted by Gasteiger charge is -2.36. The van der Waals surface area contributed by atoms with Crippen LogP contribution in [0.25, 0.3) is 0 Å². The van der Waals surface area contributed by atoms with E-state index in [1.54, 1.807) is 7.11 Å². The molecular weight excluding hydrogens is 333 g/mol. The monoisotopic (exact) mass is 349 g/mol. The predicted octanol–water partition coefficient (Wildman–Crippen LogP) is 1.70. The molecule has 0 bridgehead atoms. The Morgan fingerprint density at radius 2 is 2.00 bits per heavy atom. The van der Waals surface area contributed by atoms with Gasteiger partial charge in [0.05, 0.1) is 19.3 Å². The molecule has 1 fully saturated rings. The van der Waals surface area contributed by atoms with Crippen molar-refractivity contribution in [1.82, 2.24) is 9.97 Å². The third-order valence-electron chi connectivity index (χ3n) is 2.59. The smallest absolute Gasteiger partial charge is 0.319 e. The molecule has 1 aromatic heterocycles. The molecule has 2 atom stereocenters. The lowest BCUT2D eigenvalue weighted by Crippen LogP contribution is -2.45. The fourth-order valence-electron chi connectivity index (χ4n) is 2.00. The minimum absolute atomic E-state index is 0.220. The van der Waals surface area contributed by atoms with Gasteiger partial charge in [0.1, 0.15) is 9.52 Å². The summed E-state index contributed by atoms with van der Waals surface area (Å²) in [4.78, 5) is 10.8. The second kappa shape index (κ2) is 5.34. The van der Waals surface area contributed by atoms with Crippen molar-refractivity contribution in [3.8, 4) is 6.01 Å². The van der Waals surface area contributed by atoms with Crippen molar-refractivity contribution in [2.75, 3.05) is 25.1 Å². The van der Waals surface area contributed by atoms with E-state index in [4.69, 9.17) is 9.47 Å². The van der Waals surface area contributed by atoms with Crippen LogP contribution in [0.5, 0.6) is 6.01 Å². The summed E-state index contributed by atoms with van der Waals surface area (Å²) in [5.74, 6) is 0.906. The van der Waals surface area contributed by atoms with Crippen LogP contribution in [0.4, 0.5) is 5.82 Å². The van der Waals surface area contributed by atoms with Crippen LogP contribution < -0.4 is 9.64 Å². The summed E-state index contributed by atoms with van der Waals surface area (Å²) < 4.78 is 11.7. The summed E-state index contributed by atoms with van der Waals surface area (Å²) in [6, 6.07) is 2.38. The minimum Gasteiger partial charge on any atom is -0.467 e. The van der Waals surface area contributed by atoms with Gasteiger partial charge in [-0.25, -0.2) is 0 Å². The highest BCUT2D eigenvalue weighted by Gasteiger charge is 2.23. The number of anilines is 1. The van der Waals surface area contributed by atoms with E-state index in [2.05, 4.69) is 51.3 Å². The van der Waals surface area contributed by atoms with Crippen molar-refractivity contribution in [3.05, 3.63) is 9.77 Å². The Hall–Kier alpha value is -0.630. The molecule has 0 radical (unpaired) electrons. The molecule has 1 saturated heterocycles. The SMILES string of the molecule is COc1nc(I)cc(N2C[C@@H](C)O[C@@H](C)C2)n1. The number of hydrogen-bond donors (Lipinski definition) is 0. The van der Waals surface area contributed by atoms with Gasteiger partial charge in [0.25, 0.3) is 0 Å². The van der Waals surface area contributed by atoms with Gasteiger partial charge in [0.2, 0.25) is 0 Å². The average Bonchev–Trinajstić information content (AvgIpc) is 2.26. The Balaban J connectivity index is 2.23. The van der Waals surface area contributed by atoms with Crippen molar-refractivity contribution in [2.45, 2.75) is 26.1 Å². The molecule has 17 heavy (non-hydrogen) atoms. The van der Waals surface area contributed by atoms with Crippen molar-refractivity contribution in [3.63, 3.8) is 0 Å². The van der Waals surface area contributed by atoms with E-state index >= 15 is 0 Å². The van der Waals surface area contributed by atoms with Crippen molar-refractivity contribution >= 4 is 28.4 Å². The molecule has 0 saturated carbocycles. The first kappa shape index (κ1) is 12.8. The number of halogens is 1. The first-order valence-electron chi connectivity index (χ1n) is 5.57. The van der Waals surface area contributed by atoms with Gasteiger partial charge >= 0.3 is 6.01 Å². The van der Waals surface area contributed by atoms with Crippen LogP contribution in [-0.4, -0.2) is 42.4 Å². The Bertz CT molecular complexity index is 392. The zero-order valence-corrected chi connectivity index (χ0v) is 12.3. The maximum absolute atomic E-state index is 5.71. The van der Waals surface area contributed by atoms with Crippen LogP contribution in [-0.2, 0) is 4.74 Å². The topological polar surface area (TPSA) is 47.5 Å². The summed E-state index contributed by atoms with van der Waals surface area (Å²) in [5.41, 5.74) is 0. The zero-order chi connectivity index (χ0) is 12.4. The first-order chi connectivity index (χ1) is 8.08. The quantitative estimate of drug-likeness (QED) is 0.601. The average molecular weight is 349 g/mol. The van der Waals surface area contributed by atoms with Gasteiger partial charge < -0.3 is 14.4 Å². The molecule has 5 nitrogen and oxygen atoms in total. The summed E-state index contributed by atoms with van der Waals surface area (Å²) >= 11 is 2.17. The van der Waals surface area contributed by atoms with Gasteiger partial charge in [-0.1, -0.05) is 0 Å². The maximum Gasteiger partial charge on any atom is 0.319 e. The third-order valence-corrected chi connectivity index (χ3v) is 3.14. The standard InChI is InChI=1S/C11H16IN3O2/c1-7-5-15(6-8(2)17-7)10-4-9(12)13-11(14-10)16-3/h4,7-8H,5-6H2,1-3H3/t7-,8+. The van der Waals surface area contributed by atoms with E-state index in [1.807, 2.05) is 6.07 Å². The van der Waals surface area contributed by atoms with Crippen LogP contribution in [0.3, 0.4) is 0 Å². The van der Waals surface area contributed by atoms with Crippen molar-refractivity contribution in [2.24, 2.45) is 0 Å². The second-order valence-electron chi connectivity index (χ2n) is 4.20. The number of ether oxygens (including phenoxy) is 2. The van der Waals surface area contributed by atoms with Crippen LogP contribution in [0.2, 0.25) is 0 Å². The van der Waals surface area contributed by atoms with E-state index in [-0.39, 0.29) is 12.2 Å². The lowest BCUT2D eigenvalue weighted by molar-refractivity contribution is -0.00550. The number of morpholine rings is 1. The summed E-state index contributed by atoms with van der Waals surface area (Å²) in [6.07, 6.45) is 0.440. The summed E-state index contributed by atoms with van der Waals surface area (Å²) in [6.45, 7) is 5.85. The Morgan fingerprint density at radius 3 is 2.59 bits per heavy atom. The molecule has 1 aromatic rings. The number of nitrogens with zero attached hydrogens (tertiary/aromatic N) is 3. The molecule has 0 amide bonds. The lowest BCUT2D eigenvalue weighted by atomic mass is 10.2. The molecule has 0 unspecified atom stereocenters. The fourth-order valence-corrected chi connectivity index (χ4v) is 2.49. The molecule has 0 spiro atoms. The van der Waals surface area contributed by atoms with E-state index < -0.39 is 0 Å². The molecule has 2 rings (SSSR count). The highest BCUT2D eigenvalue weighted by Crippen LogP contribution is 2.21. The largest absolute Gasteiger partial charge is 0.467 e. The van der Waals surface area contributed by atoms with Gasteiger partial charge in [-0.3, -0.25) is 0 Å².